The van der Waals surface area contributed by atoms with Gasteiger partial charge in [-0.1, -0.05) is 31.0 Å². The Bertz CT molecular complexity index is 473. The summed E-state index contributed by atoms with van der Waals surface area (Å²) in [6.07, 6.45) is 5.80. The zero-order chi connectivity index (χ0) is 13.7. The van der Waals surface area contributed by atoms with Gasteiger partial charge in [0.05, 0.1) is 12.1 Å². The highest BCUT2D eigenvalue weighted by atomic mass is 19.1. The van der Waals surface area contributed by atoms with Gasteiger partial charge in [-0.25, -0.2) is 4.39 Å². The molecule has 19 heavy (non-hydrogen) atoms. The molecule has 0 unspecified atom stereocenters. The largest absolute Gasteiger partial charge is 0.391 e. The molecular formula is C15H18FNO2. The third-order valence-electron chi connectivity index (χ3n) is 3.38. The van der Waals surface area contributed by atoms with E-state index < -0.39 is 6.10 Å². The maximum absolute atomic E-state index is 13.3. The second-order valence-electron chi connectivity index (χ2n) is 4.82. The van der Waals surface area contributed by atoms with E-state index in [-0.39, 0.29) is 17.8 Å². The summed E-state index contributed by atoms with van der Waals surface area (Å²) >= 11 is 0. The van der Waals surface area contributed by atoms with E-state index in [0.29, 0.717) is 5.56 Å². The number of carbonyl (C=O) groups is 1. The molecular weight excluding hydrogens is 245 g/mol. The molecule has 2 atom stereocenters. The fourth-order valence-electron chi connectivity index (χ4n) is 2.29. The van der Waals surface area contributed by atoms with Crippen LogP contribution in [0.2, 0.25) is 0 Å². The van der Waals surface area contributed by atoms with Gasteiger partial charge in [0, 0.05) is 11.6 Å². The molecule has 4 heteroatoms. The van der Waals surface area contributed by atoms with Crippen LogP contribution in [0.4, 0.5) is 4.39 Å². The summed E-state index contributed by atoms with van der Waals surface area (Å²) in [7, 11) is 0. The summed E-state index contributed by atoms with van der Waals surface area (Å²) in [4.78, 5) is 11.7. The summed E-state index contributed by atoms with van der Waals surface area (Å²) in [6.45, 7) is 0. The SMILES string of the molecule is O=C(/C=C/c1ccccc1F)N[C@@H]1CCCC[C@H]1O. The highest BCUT2D eigenvalue weighted by Crippen LogP contribution is 2.18. The van der Waals surface area contributed by atoms with Gasteiger partial charge in [0.15, 0.2) is 0 Å². The van der Waals surface area contributed by atoms with Crippen LogP contribution in [0.1, 0.15) is 31.2 Å². The van der Waals surface area contributed by atoms with Crippen molar-refractivity contribution in [1.82, 2.24) is 5.32 Å². The number of amides is 1. The van der Waals surface area contributed by atoms with E-state index in [1.807, 2.05) is 0 Å². The number of hydrogen-bond donors (Lipinski definition) is 2. The molecule has 2 N–H and O–H groups in total. The average Bonchev–Trinajstić information content (AvgIpc) is 2.40. The second-order valence-corrected chi connectivity index (χ2v) is 4.82. The molecule has 3 nitrogen and oxygen atoms in total. The Balaban J connectivity index is 1.92. The first-order valence-electron chi connectivity index (χ1n) is 6.58. The molecule has 0 aliphatic heterocycles. The molecule has 1 amide bonds. The van der Waals surface area contributed by atoms with Crippen molar-refractivity contribution in [1.29, 1.82) is 0 Å². The summed E-state index contributed by atoms with van der Waals surface area (Å²) in [5.74, 6) is -0.654. The van der Waals surface area contributed by atoms with Crippen LogP contribution in [0.15, 0.2) is 30.3 Å². The van der Waals surface area contributed by atoms with Crippen molar-refractivity contribution in [2.75, 3.05) is 0 Å². The van der Waals surface area contributed by atoms with Crippen molar-refractivity contribution < 1.29 is 14.3 Å². The Morgan fingerprint density at radius 3 is 2.79 bits per heavy atom. The summed E-state index contributed by atoms with van der Waals surface area (Å²) in [6, 6.07) is 6.08. The minimum atomic E-state index is -0.473. The number of aliphatic hydroxyl groups excluding tert-OH is 1. The number of hydrogen-bond acceptors (Lipinski definition) is 2. The number of carbonyl (C=O) groups excluding carboxylic acids is 1. The lowest BCUT2D eigenvalue weighted by Gasteiger charge is -2.27. The smallest absolute Gasteiger partial charge is 0.244 e. The minimum Gasteiger partial charge on any atom is -0.391 e. The predicted octanol–water partition coefficient (Wildman–Crippen LogP) is 2.26. The third kappa shape index (κ3) is 3.89. The zero-order valence-corrected chi connectivity index (χ0v) is 10.7. The number of halogens is 1. The fraction of sp³-hybridized carbons (Fsp3) is 0.400. The van der Waals surface area contributed by atoms with Crippen LogP contribution in [0, 0.1) is 5.82 Å². The van der Waals surface area contributed by atoms with Crippen molar-refractivity contribution in [2.24, 2.45) is 0 Å². The fourth-order valence-corrected chi connectivity index (χ4v) is 2.29. The first-order chi connectivity index (χ1) is 9.16. The Kier molecular flexibility index (Phi) is 4.68. The molecule has 0 bridgehead atoms. The molecule has 1 aromatic rings. The highest BCUT2D eigenvalue weighted by Gasteiger charge is 2.23. The Morgan fingerprint density at radius 2 is 2.05 bits per heavy atom. The van der Waals surface area contributed by atoms with Crippen molar-refractivity contribution in [3.8, 4) is 0 Å². The first-order valence-corrected chi connectivity index (χ1v) is 6.58. The van der Waals surface area contributed by atoms with Gasteiger partial charge in [0.2, 0.25) is 5.91 Å². The first kappa shape index (κ1) is 13.7. The maximum atomic E-state index is 13.3. The number of nitrogens with one attached hydrogen (secondary N) is 1. The van der Waals surface area contributed by atoms with E-state index >= 15 is 0 Å². The average molecular weight is 263 g/mol. The van der Waals surface area contributed by atoms with Crippen molar-refractivity contribution in [3.63, 3.8) is 0 Å². The van der Waals surface area contributed by atoms with Crippen LogP contribution in [-0.4, -0.2) is 23.2 Å². The molecule has 1 saturated carbocycles. The van der Waals surface area contributed by atoms with Gasteiger partial charge in [0.25, 0.3) is 0 Å². The van der Waals surface area contributed by atoms with Gasteiger partial charge in [-0.05, 0) is 25.0 Å². The number of benzene rings is 1. The number of rotatable bonds is 3. The Labute approximate surface area is 112 Å². The molecule has 0 radical (unpaired) electrons. The van der Waals surface area contributed by atoms with Crippen LogP contribution in [0.5, 0.6) is 0 Å². The van der Waals surface area contributed by atoms with Crippen molar-refractivity contribution in [3.05, 3.63) is 41.7 Å². The summed E-state index contributed by atoms with van der Waals surface area (Å²) in [5.41, 5.74) is 0.377. The molecule has 1 aliphatic rings. The monoisotopic (exact) mass is 263 g/mol. The quantitative estimate of drug-likeness (QED) is 0.822. The number of aliphatic hydroxyl groups is 1. The van der Waals surface area contributed by atoms with E-state index in [9.17, 15) is 14.3 Å². The summed E-state index contributed by atoms with van der Waals surface area (Å²) in [5, 5.41) is 12.5. The Morgan fingerprint density at radius 1 is 1.32 bits per heavy atom. The molecule has 2 rings (SSSR count). The molecule has 1 aliphatic carbocycles. The van der Waals surface area contributed by atoms with E-state index in [2.05, 4.69) is 5.32 Å². The van der Waals surface area contributed by atoms with Gasteiger partial charge in [-0.2, -0.15) is 0 Å². The lowest BCUT2D eigenvalue weighted by Crippen LogP contribution is -2.44. The van der Waals surface area contributed by atoms with Crippen molar-refractivity contribution in [2.45, 2.75) is 37.8 Å². The van der Waals surface area contributed by atoms with Crippen LogP contribution < -0.4 is 5.32 Å². The molecule has 1 fully saturated rings. The predicted molar refractivity (Wildman–Crippen MR) is 71.8 cm³/mol. The van der Waals surface area contributed by atoms with Crippen LogP contribution >= 0.6 is 0 Å². The van der Waals surface area contributed by atoms with Gasteiger partial charge < -0.3 is 10.4 Å². The topological polar surface area (TPSA) is 49.3 Å². The minimum absolute atomic E-state index is 0.188. The molecule has 1 aromatic carbocycles. The van der Waals surface area contributed by atoms with E-state index in [0.717, 1.165) is 25.7 Å². The van der Waals surface area contributed by atoms with Gasteiger partial charge in [-0.15, -0.1) is 0 Å². The van der Waals surface area contributed by atoms with Crippen LogP contribution in [0.25, 0.3) is 6.08 Å². The molecule has 0 spiro atoms. The standard InChI is InChI=1S/C15H18FNO2/c16-12-6-2-1-5-11(12)9-10-15(19)17-13-7-3-4-8-14(13)18/h1-2,5-6,9-10,13-14,18H,3-4,7-8H2,(H,17,19)/b10-9+/t13-,14-/m1/s1. The van der Waals surface area contributed by atoms with Gasteiger partial charge in [0.1, 0.15) is 5.82 Å². The molecule has 0 heterocycles. The van der Waals surface area contributed by atoms with Crippen LogP contribution in [0.3, 0.4) is 0 Å². The van der Waals surface area contributed by atoms with Gasteiger partial charge >= 0.3 is 0 Å². The lowest BCUT2D eigenvalue weighted by molar-refractivity contribution is -0.118. The van der Waals surface area contributed by atoms with Crippen LogP contribution in [-0.2, 0) is 4.79 Å². The molecule has 102 valence electrons. The molecule has 0 aromatic heterocycles. The lowest BCUT2D eigenvalue weighted by atomic mass is 9.92. The highest BCUT2D eigenvalue weighted by molar-refractivity contribution is 5.91. The third-order valence-corrected chi connectivity index (χ3v) is 3.38. The molecule has 0 saturated heterocycles. The summed E-state index contributed by atoms with van der Waals surface area (Å²) < 4.78 is 13.3. The second kappa shape index (κ2) is 6.48. The van der Waals surface area contributed by atoms with E-state index in [1.54, 1.807) is 18.2 Å². The maximum Gasteiger partial charge on any atom is 0.244 e. The van der Waals surface area contributed by atoms with Gasteiger partial charge in [-0.3, -0.25) is 4.79 Å². The van der Waals surface area contributed by atoms with E-state index in [1.165, 1.54) is 18.2 Å². The van der Waals surface area contributed by atoms with E-state index in [4.69, 9.17) is 0 Å². The van der Waals surface area contributed by atoms with Crippen molar-refractivity contribution >= 4 is 12.0 Å². The normalized spacial score (nSPS) is 23.5. The zero-order valence-electron chi connectivity index (χ0n) is 10.7. The Hall–Kier alpha value is -1.68.